The quantitative estimate of drug-likeness (QED) is 0.677. The molecule has 1 saturated carbocycles. The smallest absolute Gasteiger partial charge is 0.303 e. The predicted octanol–water partition coefficient (Wildman–Crippen LogP) is 4.95. The first-order chi connectivity index (χ1) is 12.9. The maximum atomic E-state index is 13.2. The molecular formula is C22H25FO4. The van der Waals surface area contributed by atoms with E-state index in [0.717, 1.165) is 29.7 Å². The van der Waals surface area contributed by atoms with Gasteiger partial charge in [-0.25, -0.2) is 4.39 Å². The highest BCUT2D eigenvalue weighted by atomic mass is 19.1. The van der Waals surface area contributed by atoms with E-state index in [1.54, 1.807) is 6.07 Å². The minimum Gasteiger partial charge on any atom is -0.493 e. The molecule has 0 bridgehead atoms. The molecule has 0 heterocycles. The van der Waals surface area contributed by atoms with E-state index in [4.69, 9.17) is 14.6 Å². The Kier molecular flexibility index (Phi) is 5.68. The lowest BCUT2D eigenvalue weighted by Crippen LogP contribution is -2.21. The van der Waals surface area contributed by atoms with Crippen molar-refractivity contribution in [2.45, 2.75) is 39.0 Å². The molecule has 1 aliphatic rings. The van der Waals surface area contributed by atoms with E-state index in [2.05, 4.69) is 0 Å². The molecule has 1 atom stereocenters. The Morgan fingerprint density at radius 3 is 2.41 bits per heavy atom. The number of carbonyl (C=O) groups is 1. The summed E-state index contributed by atoms with van der Waals surface area (Å²) in [5, 5.41) is 8.89. The van der Waals surface area contributed by atoms with Crippen LogP contribution in [0.15, 0.2) is 42.5 Å². The summed E-state index contributed by atoms with van der Waals surface area (Å²) in [7, 11) is 0. The fourth-order valence-electron chi connectivity index (χ4n) is 3.02. The highest BCUT2D eigenvalue weighted by Crippen LogP contribution is 2.46. The first-order valence-corrected chi connectivity index (χ1v) is 9.20. The fourth-order valence-corrected chi connectivity index (χ4v) is 3.02. The van der Waals surface area contributed by atoms with Crippen molar-refractivity contribution < 1.29 is 23.8 Å². The first-order valence-electron chi connectivity index (χ1n) is 9.20. The SMILES string of the molecule is Cc1cc(F)ccc1OCC1(COc2ccc(C(C)CC(=O)O)cc2)CC1. The van der Waals surface area contributed by atoms with Crippen LogP contribution in [0.1, 0.15) is 43.2 Å². The summed E-state index contributed by atoms with van der Waals surface area (Å²) in [5.74, 6) is 0.393. The molecule has 3 rings (SSSR count). The Bertz CT molecular complexity index is 796. The summed E-state index contributed by atoms with van der Waals surface area (Å²) in [6, 6.07) is 12.1. The molecule has 0 aliphatic heterocycles. The molecular weight excluding hydrogens is 347 g/mol. The Labute approximate surface area is 158 Å². The van der Waals surface area contributed by atoms with Crippen LogP contribution in [-0.2, 0) is 4.79 Å². The maximum absolute atomic E-state index is 13.2. The van der Waals surface area contributed by atoms with Crippen LogP contribution in [0.4, 0.5) is 4.39 Å². The van der Waals surface area contributed by atoms with Crippen molar-refractivity contribution in [1.29, 1.82) is 0 Å². The zero-order chi connectivity index (χ0) is 19.4. The average molecular weight is 372 g/mol. The lowest BCUT2D eigenvalue weighted by atomic mass is 9.98. The van der Waals surface area contributed by atoms with Gasteiger partial charge in [-0.3, -0.25) is 4.79 Å². The van der Waals surface area contributed by atoms with E-state index in [-0.39, 0.29) is 23.6 Å². The van der Waals surface area contributed by atoms with Gasteiger partial charge in [-0.05, 0) is 67.1 Å². The summed E-state index contributed by atoms with van der Waals surface area (Å²) < 4.78 is 25.0. The van der Waals surface area contributed by atoms with Crippen LogP contribution < -0.4 is 9.47 Å². The highest BCUT2D eigenvalue weighted by molar-refractivity contribution is 5.67. The molecule has 2 aromatic rings. The summed E-state index contributed by atoms with van der Waals surface area (Å²) >= 11 is 0. The van der Waals surface area contributed by atoms with Gasteiger partial charge < -0.3 is 14.6 Å². The van der Waals surface area contributed by atoms with Crippen LogP contribution in [0.3, 0.4) is 0 Å². The number of carboxylic acid groups (broad SMARTS) is 1. The molecule has 5 heteroatoms. The molecule has 144 valence electrons. The van der Waals surface area contributed by atoms with Crippen molar-refractivity contribution in [3.05, 3.63) is 59.4 Å². The van der Waals surface area contributed by atoms with Gasteiger partial charge in [-0.15, -0.1) is 0 Å². The Balaban J connectivity index is 1.51. The summed E-state index contributed by atoms with van der Waals surface area (Å²) in [5.41, 5.74) is 1.79. The number of aliphatic carboxylic acids is 1. The molecule has 1 N–H and O–H groups in total. The van der Waals surface area contributed by atoms with E-state index < -0.39 is 5.97 Å². The number of benzene rings is 2. The van der Waals surface area contributed by atoms with Crippen molar-refractivity contribution >= 4 is 5.97 Å². The van der Waals surface area contributed by atoms with Gasteiger partial charge in [0.15, 0.2) is 0 Å². The van der Waals surface area contributed by atoms with Crippen molar-refractivity contribution in [1.82, 2.24) is 0 Å². The number of hydrogen-bond donors (Lipinski definition) is 1. The second kappa shape index (κ2) is 7.99. The highest BCUT2D eigenvalue weighted by Gasteiger charge is 2.44. The second-order valence-corrected chi connectivity index (χ2v) is 7.56. The van der Waals surface area contributed by atoms with Crippen LogP contribution in [0.25, 0.3) is 0 Å². The molecule has 1 unspecified atom stereocenters. The molecule has 0 radical (unpaired) electrons. The molecule has 27 heavy (non-hydrogen) atoms. The first kappa shape index (κ1) is 19.2. The van der Waals surface area contributed by atoms with Crippen LogP contribution in [-0.4, -0.2) is 24.3 Å². The summed E-state index contributed by atoms with van der Waals surface area (Å²) in [4.78, 5) is 10.8. The number of halogens is 1. The molecule has 0 aromatic heterocycles. The second-order valence-electron chi connectivity index (χ2n) is 7.56. The monoisotopic (exact) mass is 372 g/mol. The van der Waals surface area contributed by atoms with Crippen LogP contribution in [0, 0.1) is 18.2 Å². The number of ether oxygens (including phenoxy) is 2. The van der Waals surface area contributed by atoms with Gasteiger partial charge in [0.25, 0.3) is 0 Å². The molecule has 0 saturated heterocycles. The van der Waals surface area contributed by atoms with E-state index in [1.165, 1.54) is 12.1 Å². The minimum absolute atomic E-state index is 0.0100. The number of rotatable bonds is 9. The van der Waals surface area contributed by atoms with E-state index >= 15 is 0 Å². The number of hydrogen-bond acceptors (Lipinski definition) is 3. The van der Waals surface area contributed by atoms with Crippen molar-refractivity contribution in [3.63, 3.8) is 0 Å². The molecule has 1 fully saturated rings. The van der Waals surface area contributed by atoms with Gasteiger partial charge in [0.05, 0.1) is 19.6 Å². The van der Waals surface area contributed by atoms with Crippen LogP contribution >= 0.6 is 0 Å². The number of carboxylic acids is 1. The van der Waals surface area contributed by atoms with Crippen molar-refractivity contribution in [2.24, 2.45) is 5.41 Å². The van der Waals surface area contributed by atoms with Crippen molar-refractivity contribution in [3.8, 4) is 11.5 Å². The van der Waals surface area contributed by atoms with Crippen molar-refractivity contribution in [2.75, 3.05) is 13.2 Å². The van der Waals surface area contributed by atoms with Gasteiger partial charge in [0.1, 0.15) is 17.3 Å². The Morgan fingerprint density at radius 1 is 1.15 bits per heavy atom. The van der Waals surface area contributed by atoms with Crippen LogP contribution in [0.5, 0.6) is 11.5 Å². The zero-order valence-corrected chi connectivity index (χ0v) is 15.7. The van der Waals surface area contributed by atoms with E-state index in [0.29, 0.717) is 19.0 Å². The summed E-state index contributed by atoms with van der Waals surface area (Å²) in [6.45, 7) is 4.85. The van der Waals surface area contributed by atoms with Gasteiger partial charge >= 0.3 is 5.97 Å². The molecule has 1 aliphatic carbocycles. The average Bonchev–Trinajstić information content (AvgIpc) is 3.39. The van der Waals surface area contributed by atoms with Crippen LogP contribution in [0.2, 0.25) is 0 Å². The minimum atomic E-state index is -0.796. The molecule has 0 spiro atoms. The third kappa shape index (κ3) is 5.22. The van der Waals surface area contributed by atoms with Gasteiger partial charge in [0, 0.05) is 5.41 Å². The third-order valence-corrected chi connectivity index (χ3v) is 5.10. The Hall–Kier alpha value is -2.56. The topological polar surface area (TPSA) is 55.8 Å². The Morgan fingerprint density at radius 2 is 1.81 bits per heavy atom. The zero-order valence-electron chi connectivity index (χ0n) is 15.7. The van der Waals surface area contributed by atoms with Gasteiger partial charge in [-0.2, -0.15) is 0 Å². The summed E-state index contributed by atoms with van der Waals surface area (Å²) in [6.07, 6.45) is 2.20. The van der Waals surface area contributed by atoms with Gasteiger partial charge in [-0.1, -0.05) is 19.1 Å². The standard InChI is InChI=1S/C22H25FO4/c1-15(12-21(24)25)17-3-6-19(7-4-17)26-13-22(9-10-22)14-27-20-8-5-18(23)11-16(20)2/h3-8,11,15H,9-10,12-14H2,1-2H3,(H,24,25). The predicted molar refractivity (Wildman–Crippen MR) is 101 cm³/mol. The molecule has 4 nitrogen and oxygen atoms in total. The lowest BCUT2D eigenvalue weighted by Gasteiger charge is -2.18. The number of aryl methyl sites for hydroxylation is 1. The maximum Gasteiger partial charge on any atom is 0.303 e. The fraction of sp³-hybridized carbons (Fsp3) is 0.409. The normalized spacial score (nSPS) is 15.8. The molecule has 2 aromatic carbocycles. The van der Waals surface area contributed by atoms with Gasteiger partial charge in [0.2, 0.25) is 0 Å². The lowest BCUT2D eigenvalue weighted by molar-refractivity contribution is -0.137. The largest absolute Gasteiger partial charge is 0.493 e. The van der Waals surface area contributed by atoms with E-state index in [1.807, 2.05) is 38.1 Å². The third-order valence-electron chi connectivity index (χ3n) is 5.10. The van der Waals surface area contributed by atoms with E-state index in [9.17, 15) is 9.18 Å². The molecule has 0 amide bonds.